The Hall–Kier alpha value is -0.800. The first-order chi connectivity index (χ1) is 8.11. The van der Waals surface area contributed by atoms with Crippen LogP contribution in [0, 0.1) is 6.92 Å². The van der Waals surface area contributed by atoms with Gasteiger partial charge in [0.15, 0.2) is 0 Å². The molecule has 0 aliphatic heterocycles. The minimum Gasteiger partial charge on any atom is -0.459 e. The Kier molecular flexibility index (Phi) is 3.89. The Morgan fingerprint density at radius 2 is 2.12 bits per heavy atom. The zero-order valence-corrected chi connectivity index (χ0v) is 12.1. The van der Waals surface area contributed by atoms with E-state index in [0.717, 1.165) is 34.2 Å². The second-order valence-corrected chi connectivity index (χ2v) is 5.38. The van der Waals surface area contributed by atoms with Gasteiger partial charge in [-0.1, -0.05) is 22.9 Å². The fraction of sp³-hybridized carbons (Fsp3) is 0.429. The molecule has 3 heteroatoms. The Bertz CT molecular complexity index is 518. The third-order valence-corrected chi connectivity index (χ3v) is 3.37. The van der Waals surface area contributed by atoms with Gasteiger partial charge in [-0.2, -0.15) is 0 Å². The van der Waals surface area contributed by atoms with Crippen LogP contribution < -0.4 is 5.32 Å². The molecule has 0 aliphatic rings. The summed E-state index contributed by atoms with van der Waals surface area (Å²) in [6, 6.07) is 6.57. The van der Waals surface area contributed by atoms with E-state index < -0.39 is 0 Å². The zero-order chi connectivity index (χ0) is 12.4. The van der Waals surface area contributed by atoms with Crippen molar-refractivity contribution in [1.82, 2.24) is 5.32 Å². The molecule has 1 aromatic heterocycles. The summed E-state index contributed by atoms with van der Waals surface area (Å²) in [5, 5.41) is 4.60. The smallest absolute Gasteiger partial charge is 0.137 e. The fourth-order valence-electron chi connectivity index (χ4n) is 1.98. The molecule has 92 valence electrons. The minimum absolute atomic E-state index is 0.264. The highest BCUT2D eigenvalue weighted by atomic mass is 79.9. The van der Waals surface area contributed by atoms with E-state index in [-0.39, 0.29) is 6.04 Å². The molecule has 17 heavy (non-hydrogen) atoms. The number of furan rings is 1. The highest BCUT2D eigenvalue weighted by Crippen LogP contribution is 2.29. The van der Waals surface area contributed by atoms with Gasteiger partial charge in [-0.25, -0.2) is 0 Å². The molecule has 0 aliphatic carbocycles. The molecule has 1 unspecified atom stereocenters. The number of hydrogen-bond donors (Lipinski definition) is 1. The number of rotatable bonds is 4. The zero-order valence-electron chi connectivity index (χ0n) is 10.5. The van der Waals surface area contributed by atoms with Crippen LogP contribution in [-0.4, -0.2) is 6.54 Å². The van der Waals surface area contributed by atoms with E-state index in [4.69, 9.17) is 4.42 Å². The maximum atomic E-state index is 5.93. The molecule has 1 atom stereocenters. The van der Waals surface area contributed by atoms with E-state index in [0.29, 0.717) is 0 Å². The first-order valence-electron chi connectivity index (χ1n) is 6.04. The van der Waals surface area contributed by atoms with Crippen LogP contribution in [0.2, 0.25) is 0 Å². The molecular weight excluding hydrogens is 278 g/mol. The van der Waals surface area contributed by atoms with E-state index in [1.807, 2.05) is 0 Å². The third kappa shape index (κ3) is 2.72. The topological polar surface area (TPSA) is 25.2 Å². The van der Waals surface area contributed by atoms with Crippen molar-refractivity contribution in [2.45, 2.75) is 33.2 Å². The molecule has 1 aromatic carbocycles. The number of aryl methyl sites for hydroxylation is 1. The van der Waals surface area contributed by atoms with E-state index >= 15 is 0 Å². The summed E-state index contributed by atoms with van der Waals surface area (Å²) in [5.41, 5.74) is 2.16. The number of benzene rings is 1. The Labute approximate surface area is 111 Å². The molecule has 0 bridgehead atoms. The average molecular weight is 296 g/mol. The Morgan fingerprint density at radius 3 is 2.82 bits per heavy atom. The number of nitrogens with one attached hydrogen (secondary N) is 1. The van der Waals surface area contributed by atoms with Gasteiger partial charge in [0.25, 0.3) is 0 Å². The number of fused-ring (bicyclic) bond motifs is 1. The van der Waals surface area contributed by atoms with Gasteiger partial charge in [0, 0.05) is 9.86 Å². The van der Waals surface area contributed by atoms with Crippen LogP contribution >= 0.6 is 15.9 Å². The van der Waals surface area contributed by atoms with Gasteiger partial charge in [0.1, 0.15) is 11.3 Å². The SMILES string of the molecule is CCCNC(C)c1cc2cc(Br)cc(C)c2o1. The molecule has 0 saturated carbocycles. The van der Waals surface area contributed by atoms with Crippen LogP contribution in [0.3, 0.4) is 0 Å². The first kappa shape index (κ1) is 12.7. The summed E-state index contributed by atoms with van der Waals surface area (Å²) in [6.45, 7) is 7.39. The molecule has 0 radical (unpaired) electrons. The maximum Gasteiger partial charge on any atom is 0.137 e. The van der Waals surface area contributed by atoms with E-state index in [2.05, 4.69) is 60.2 Å². The maximum absolute atomic E-state index is 5.93. The molecule has 1 heterocycles. The van der Waals surface area contributed by atoms with Gasteiger partial charge in [0.2, 0.25) is 0 Å². The van der Waals surface area contributed by atoms with Crippen LogP contribution in [0.25, 0.3) is 11.0 Å². The predicted molar refractivity (Wildman–Crippen MR) is 75.4 cm³/mol. The lowest BCUT2D eigenvalue weighted by atomic mass is 10.1. The highest BCUT2D eigenvalue weighted by molar-refractivity contribution is 9.10. The summed E-state index contributed by atoms with van der Waals surface area (Å²) in [5.74, 6) is 1.01. The third-order valence-electron chi connectivity index (χ3n) is 2.91. The van der Waals surface area contributed by atoms with Crippen LogP contribution in [-0.2, 0) is 0 Å². The van der Waals surface area contributed by atoms with E-state index in [9.17, 15) is 0 Å². The molecule has 0 fully saturated rings. The van der Waals surface area contributed by atoms with Crippen molar-refractivity contribution in [2.24, 2.45) is 0 Å². The van der Waals surface area contributed by atoms with Gasteiger partial charge in [0.05, 0.1) is 6.04 Å². The minimum atomic E-state index is 0.264. The summed E-state index contributed by atoms with van der Waals surface area (Å²) in [7, 11) is 0. The van der Waals surface area contributed by atoms with Crippen molar-refractivity contribution in [1.29, 1.82) is 0 Å². The van der Waals surface area contributed by atoms with Crippen LogP contribution in [0.4, 0.5) is 0 Å². The van der Waals surface area contributed by atoms with E-state index in [1.54, 1.807) is 0 Å². The second kappa shape index (κ2) is 5.23. The number of hydrogen-bond acceptors (Lipinski definition) is 2. The summed E-state index contributed by atoms with van der Waals surface area (Å²) in [6.07, 6.45) is 1.13. The molecular formula is C14H18BrNO. The van der Waals surface area contributed by atoms with Crippen LogP contribution in [0.5, 0.6) is 0 Å². The van der Waals surface area contributed by atoms with Crippen molar-refractivity contribution in [3.63, 3.8) is 0 Å². The Balaban J connectivity index is 2.34. The lowest BCUT2D eigenvalue weighted by Crippen LogP contribution is -2.18. The van der Waals surface area contributed by atoms with Crippen molar-refractivity contribution in [3.8, 4) is 0 Å². The Morgan fingerprint density at radius 1 is 1.35 bits per heavy atom. The monoisotopic (exact) mass is 295 g/mol. The van der Waals surface area contributed by atoms with Gasteiger partial charge in [-0.3, -0.25) is 0 Å². The number of halogens is 1. The lowest BCUT2D eigenvalue weighted by molar-refractivity contribution is 0.451. The van der Waals surface area contributed by atoms with Crippen molar-refractivity contribution in [2.75, 3.05) is 6.54 Å². The van der Waals surface area contributed by atoms with Gasteiger partial charge in [-0.15, -0.1) is 0 Å². The molecule has 0 spiro atoms. The first-order valence-corrected chi connectivity index (χ1v) is 6.84. The second-order valence-electron chi connectivity index (χ2n) is 4.47. The van der Waals surface area contributed by atoms with Crippen LogP contribution in [0.1, 0.15) is 37.6 Å². The van der Waals surface area contributed by atoms with Gasteiger partial charge < -0.3 is 9.73 Å². The summed E-state index contributed by atoms with van der Waals surface area (Å²) in [4.78, 5) is 0. The highest BCUT2D eigenvalue weighted by Gasteiger charge is 2.12. The summed E-state index contributed by atoms with van der Waals surface area (Å²) < 4.78 is 7.03. The molecule has 1 N–H and O–H groups in total. The molecule has 0 amide bonds. The predicted octanol–water partition coefficient (Wildman–Crippen LogP) is 4.56. The molecule has 2 nitrogen and oxygen atoms in total. The van der Waals surface area contributed by atoms with Crippen LogP contribution in [0.15, 0.2) is 27.1 Å². The van der Waals surface area contributed by atoms with Crippen molar-refractivity contribution >= 4 is 26.9 Å². The fourth-order valence-corrected chi connectivity index (χ4v) is 2.57. The van der Waals surface area contributed by atoms with Crippen molar-refractivity contribution in [3.05, 3.63) is 34.0 Å². The molecule has 2 aromatic rings. The molecule has 0 saturated heterocycles. The largest absolute Gasteiger partial charge is 0.459 e. The quantitative estimate of drug-likeness (QED) is 0.894. The standard InChI is InChI=1S/C14H18BrNO/c1-4-5-16-10(3)13-8-11-7-12(15)6-9(2)14(11)17-13/h6-8,10,16H,4-5H2,1-3H3. The lowest BCUT2D eigenvalue weighted by Gasteiger charge is -2.09. The molecule has 2 rings (SSSR count). The van der Waals surface area contributed by atoms with Gasteiger partial charge in [-0.05, 0) is 50.6 Å². The van der Waals surface area contributed by atoms with Crippen molar-refractivity contribution < 1.29 is 4.42 Å². The van der Waals surface area contributed by atoms with E-state index in [1.165, 1.54) is 5.56 Å². The summed E-state index contributed by atoms with van der Waals surface area (Å²) >= 11 is 3.51. The average Bonchev–Trinajstić information content (AvgIpc) is 2.69. The normalized spacial score (nSPS) is 13.2. The van der Waals surface area contributed by atoms with Gasteiger partial charge >= 0.3 is 0 Å².